The van der Waals surface area contributed by atoms with Gasteiger partial charge in [0.25, 0.3) is 17.5 Å². The molecule has 1 saturated heterocycles. The molecule has 1 fully saturated rings. The van der Waals surface area contributed by atoms with E-state index in [0.717, 1.165) is 11.0 Å². The summed E-state index contributed by atoms with van der Waals surface area (Å²) in [6, 6.07) is 5.40. The molecular weight excluding hydrogens is 670 g/mol. The number of rotatable bonds is 13. The predicted octanol–water partition coefficient (Wildman–Crippen LogP) is -0.592. The van der Waals surface area contributed by atoms with Crippen LogP contribution in [-0.2, 0) is 47.6 Å². The van der Waals surface area contributed by atoms with Crippen LogP contribution in [0.1, 0.15) is 37.3 Å². The standard InChI is InChI=1S/C30H39N7O9S.ClH/c1-3-20(32)28(42)36(25(39)16-31)29(43)30(26(40)21(33)13-17-5-8-19(38)9-6-17)11-4-12-35(30)27(41)22(34)14-18-7-10-23(37(44)45)24(15-18)47(2)46;/h5-10,15,20-22,38H,3-4,11-14,16,31-34H2,1-2H3;1H/t20?,21-,22-,30+,47?;/m0./s1. The molecule has 0 radical (unpaired) electrons. The first kappa shape index (κ1) is 40.0. The molecule has 3 rings (SSSR count). The summed E-state index contributed by atoms with van der Waals surface area (Å²) in [5, 5.41) is 21.0. The Morgan fingerprint density at radius 1 is 1.02 bits per heavy atom. The lowest BCUT2D eigenvalue weighted by Crippen LogP contribution is -2.70. The number of hydrogen-bond donors (Lipinski definition) is 5. The fourth-order valence-electron chi connectivity index (χ4n) is 5.55. The number of halogens is 1. The Hall–Kier alpha value is -4.13. The minimum atomic E-state index is -2.44. The van der Waals surface area contributed by atoms with Gasteiger partial charge in [-0.25, -0.2) is 4.90 Å². The molecule has 16 nitrogen and oxygen atoms in total. The van der Waals surface area contributed by atoms with Crippen LogP contribution in [0.3, 0.4) is 0 Å². The number of phenols is 1. The summed E-state index contributed by atoms with van der Waals surface area (Å²) in [6.45, 7) is 0.598. The second-order valence-electron chi connectivity index (χ2n) is 11.2. The van der Waals surface area contributed by atoms with E-state index in [0.29, 0.717) is 11.1 Å². The average molecular weight is 710 g/mol. The van der Waals surface area contributed by atoms with E-state index in [-0.39, 0.29) is 72.3 Å². The van der Waals surface area contributed by atoms with Gasteiger partial charge in [-0.2, -0.15) is 0 Å². The fraction of sp³-hybridized carbons (Fsp3) is 0.433. The van der Waals surface area contributed by atoms with Crippen molar-refractivity contribution >= 4 is 58.3 Å². The minimum Gasteiger partial charge on any atom is -0.508 e. The van der Waals surface area contributed by atoms with E-state index in [1.54, 1.807) is 6.92 Å². The summed E-state index contributed by atoms with van der Waals surface area (Å²) in [5.41, 5.74) is 22.1. The molecule has 0 bridgehead atoms. The topological polar surface area (TPSA) is 276 Å². The lowest BCUT2D eigenvalue weighted by atomic mass is 9.82. The van der Waals surface area contributed by atoms with Crippen LogP contribution in [0.15, 0.2) is 47.4 Å². The summed E-state index contributed by atoms with van der Waals surface area (Å²) < 4.78 is 12.2. The van der Waals surface area contributed by atoms with Crippen LogP contribution in [0.4, 0.5) is 5.69 Å². The zero-order valence-corrected chi connectivity index (χ0v) is 28.0. The highest BCUT2D eigenvalue weighted by Crippen LogP contribution is 2.35. The van der Waals surface area contributed by atoms with Crippen LogP contribution in [0.2, 0.25) is 0 Å². The smallest absolute Gasteiger partial charge is 0.285 e. The van der Waals surface area contributed by atoms with Crippen molar-refractivity contribution in [1.82, 2.24) is 9.80 Å². The third-order valence-corrected chi connectivity index (χ3v) is 8.99. The van der Waals surface area contributed by atoms with Crippen LogP contribution in [-0.4, -0.2) is 96.5 Å². The molecule has 262 valence electrons. The number of ketones is 1. The number of phenolic OH excluding ortho intramolecular Hbond substituents is 1. The number of carbonyl (C=O) groups excluding carboxylic acids is 5. The van der Waals surface area contributed by atoms with Crippen LogP contribution >= 0.6 is 12.4 Å². The van der Waals surface area contributed by atoms with E-state index >= 15 is 0 Å². The third-order valence-electron chi connectivity index (χ3n) is 8.05. The van der Waals surface area contributed by atoms with E-state index in [1.807, 2.05) is 0 Å². The molecule has 48 heavy (non-hydrogen) atoms. The summed E-state index contributed by atoms with van der Waals surface area (Å²) in [4.78, 5) is 80.8. The molecule has 1 aliphatic rings. The number of likely N-dealkylation sites (tertiary alicyclic amines) is 1. The third kappa shape index (κ3) is 8.29. The molecule has 4 amide bonds. The number of aromatic hydroxyl groups is 1. The second kappa shape index (κ2) is 16.8. The van der Waals surface area contributed by atoms with Gasteiger partial charge in [-0.15, -0.1) is 12.4 Å². The summed E-state index contributed by atoms with van der Waals surface area (Å²) in [6.07, 6.45) is 0.725. The van der Waals surface area contributed by atoms with Gasteiger partial charge in [0.2, 0.25) is 11.8 Å². The number of carbonyl (C=O) groups is 5. The van der Waals surface area contributed by atoms with Crippen LogP contribution in [0, 0.1) is 10.1 Å². The number of hydrogen-bond acceptors (Lipinski definition) is 13. The Balaban J connectivity index is 0.00000800. The Bertz CT molecular complexity index is 1590. The maximum absolute atomic E-state index is 14.4. The number of Topliss-reactive ketones (excluding diaryl/α,β-unsaturated/α-hetero) is 1. The first-order chi connectivity index (χ1) is 22.1. The van der Waals surface area contributed by atoms with Crippen molar-refractivity contribution in [2.75, 3.05) is 19.3 Å². The van der Waals surface area contributed by atoms with Crippen LogP contribution < -0.4 is 22.9 Å². The summed E-state index contributed by atoms with van der Waals surface area (Å²) in [5.74, 6) is -5.47. The van der Waals surface area contributed by atoms with Crippen molar-refractivity contribution in [3.8, 4) is 5.75 Å². The summed E-state index contributed by atoms with van der Waals surface area (Å²) in [7, 11) is -1.75. The predicted molar refractivity (Wildman–Crippen MR) is 177 cm³/mol. The average Bonchev–Trinajstić information content (AvgIpc) is 3.50. The lowest BCUT2D eigenvalue weighted by molar-refractivity contribution is -0.387. The summed E-state index contributed by atoms with van der Waals surface area (Å²) >= 11 is 0. The molecule has 5 atom stereocenters. The highest BCUT2D eigenvalue weighted by Gasteiger charge is 2.60. The first-order valence-corrected chi connectivity index (χ1v) is 16.3. The van der Waals surface area contributed by atoms with Crippen molar-refractivity contribution in [3.63, 3.8) is 0 Å². The second-order valence-corrected chi connectivity index (χ2v) is 12.6. The van der Waals surface area contributed by atoms with Gasteiger partial charge in [-0.05, 0) is 61.4 Å². The number of amides is 4. The van der Waals surface area contributed by atoms with E-state index in [2.05, 4.69) is 0 Å². The van der Waals surface area contributed by atoms with Crippen LogP contribution in [0.5, 0.6) is 5.75 Å². The zero-order valence-electron chi connectivity index (χ0n) is 26.4. The molecule has 2 aromatic rings. The van der Waals surface area contributed by atoms with Gasteiger partial charge in [0.15, 0.2) is 11.3 Å². The molecule has 0 spiro atoms. The first-order valence-electron chi connectivity index (χ1n) is 14.7. The van der Waals surface area contributed by atoms with Gasteiger partial charge in [0.05, 0.1) is 40.4 Å². The van der Waals surface area contributed by atoms with Crippen molar-refractivity contribution < 1.29 is 38.2 Å². The number of nitrogens with zero attached hydrogens (tertiary/aromatic N) is 3. The minimum absolute atomic E-state index is 0. The van der Waals surface area contributed by atoms with E-state index in [9.17, 15) is 43.4 Å². The van der Waals surface area contributed by atoms with Crippen molar-refractivity contribution in [3.05, 3.63) is 63.7 Å². The van der Waals surface area contributed by atoms with Crippen molar-refractivity contribution in [2.24, 2.45) is 22.9 Å². The number of imide groups is 3. The van der Waals surface area contributed by atoms with Gasteiger partial charge >= 0.3 is 0 Å². The number of benzene rings is 2. The van der Waals surface area contributed by atoms with Gasteiger partial charge in [0.1, 0.15) is 10.6 Å². The van der Waals surface area contributed by atoms with Gasteiger partial charge in [0, 0.05) is 18.9 Å². The fourth-order valence-corrected chi connectivity index (χ4v) is 6.30. The molecule has 2 unspecified atom stereocenters. The molecular formula is C30H40ClN7O9S. The van der Waals surface area contributed by atoms with Crippen molar-refractivity contribution in [1.29, 1.82) is 0 Å². The molecule has 0 saturated carbocycles. The molecule has 9 N–H and O–H groups in total. The largest absolute Gasteiger partial charge is 0.508 e. The molecule has 0 aromatic heterocycles. The normalized spacial score (nSPS) is 18.2. The molecule has 1 heterocycles. The lowest BCUT2D eigenvalue weighted by Gasteiger charge is -2.40. The van der Waals surface area contributed by atoms with Gasteiger partial charge in [-0.3, -0.25) is 38.3 Å². The van der Waals surface area contributed by atoms with E-state index in [4.69, 9.17) is 22.9 Å². The molecule has 0 aliphatic carbocycles. The highest BCUT2D eigenvalue weighted by atomic mass is 35.5. The number of nitro benzene ring substituents is 1. The highest BCUT2D eigenvalue weighted by molar-refractivity contribution is 7.84. The number of nitrogens with two attached hydrogens (primary N) is 4. The maximum atomic E-state index is 14.4. The maximum Gasteiger partial charge on any atom is 0.285 e. The monoisotopic (exact) mass is 709 g/mol. The van der Waals surface area contributed by atoms with E-state index in [1.165, 1.54) is 42.7 Å². The molecule has 2 aromatic carbocycles. The van der Waals surface area contributed by atoms with Crippen molar-refractivity contribution in [2.45, 2.75) is 67.6 Å². The SMILES string of the molecule is CCC(N)C(=O)N(C(=O)CN)C(=O)[C@]1(C(=O)[C@@H](N)Cc2ccc(O)cc2)CCCN1C(=O)[C@@H](N)Cc1ccc([N+](=O)[O-])c(S(C)=O)c1.Cl. The Labute approximate surface area is 285 Å². The quantitative estimate of drug-likeness (QED) is 0.0989. The van der Waals surface area contributed by atoms with Gasteiger partial charge < -0.3 is 32.9 Å². The Morgan fingerprint density at radius 3 is 2.15 bits per heavy atom. The molecule has 1 aliphatic heterocycles. The number of nitro groups is 1. The molecule has 18 heteroatoms. The Morgan fingerprint density at radius 2 is 1.60 bits per heavy atom. The zero-order chi connectivity index (χ0) is 35.2. The van der Waals surface area contributed by atoms with E-state index < -0.39 is 75.3 Å². The van der Waals surface area contributed by atoms with Crippen LogP contribution in [0.25, 0.3) is 0 Å². The van der Waals surface area contributed by atoms with Gasteiger partial charge in [-0.1, -0.05) is 25.1 Å². The Kier molecular flexibility index (Phi) is 14.0.